The molecule has 8 heteroatoms. The van der Waals surface area contributed by atoms with Gasteiger partial charge in [0.2, 0.25) is 5.91 Å². The Morgan fingerprint density at radius 2 is 2.06 bits per heavy atom. The van der Waals surface area contributed by atoms with Crippen LogP contribution in [-0.2, 0) is 16.0 Å². The standard InChI is InChI=1S/C23H24N4O4/c1-3-14-6-4-5-7-18(14)27-23-17(12-25-27)16(11-22(29)26-23)15-8-9-19(20(10-15)30-2)31-13-21(24)28/h4-10,12,16H,3,11,13H2,1-2H3,(H2,24,28)(H,26,29). The van der Waals surface area contributed by atoms with E-state index in [4.69, 9.17) is 15.2 Å². The van der Waals surface area contributed by atoms with Crippen LogP contribution in [0.5, 0.6) is 11.5 Å². The number of para-hydroxylation sites is 1. The third kappa shape index (κ3) is 3.96. The fraction of sp³-hybridized carbons (Fsp3) is 0.261. The number of carbonyl (C=O) groups excluding carboxylic acids is 2. The van der Waals surface area contributed by atoms with Crippen molar-refractivity contribution in [3.8, 4) is 17.2 Å². The lowest BCUT2D eigenvalue weighted by Crippen LogP contribution is -2.25. The van der Waals surface area contributed by atoms with Gasteiger partial charge in [-0.3, -0.25) is 9.59 Å². The smallest absolute Gasteiger partial charge is 0.255 e. The average Bonchev–Trinajstić information content (AvgIpc) is 3.20. The van der Waals surface area contributed by atoms with Gasteiger partial charge in [-0.2, -0.15) is 5.10 Å². The molecular formula is C23H24N4O4. The number of carbonyl (C=O) groups is 2. The monoisotopic (exact) mass is 420 g/mol. The van der Waals surface area contributed by atoms with Crippen LogP contribution >= 0.6 is 0 Å². The molecule has 0 bridgehead atoms. The second-order valence-corrected chi connectivity index (χ2v) is 7.31. The molecule has 4 rings (SSSR count). The summed E-state index contributed by atoms with van der Waals surface area (Å²) in [5, 5.41) is 7.58. The number of hydrogen-bond acceptors (Lipinski definition) is 5. The zero-order valence-corrected chi connectivity index (χ0v) is 17.4. The van der Waals surface area contributed by atoms with Gasteiger partial charge in [0.05, 0.1) is 19.0 Å². The van der Waals surface area contributed by atoms with E-state index in [0.29, 0.717) is 23.7 Å². The first-order valence-corrected chi connectivity index (χ1v) is 10.1. The van der Waals surface area contributed by atoms with Crippen molar-refractivity contribution in [2.24, 2.45) is 5.73 Å². The summed E-state index contributed by atoms with van der Waals surface area (Å²) in [5.74, 6) is 0.717. The molecule has 1 aromatic heterocycles. The maximum Gasteiger partial charge on any atom is 0.255 e. The lowest BCUT2D eigenvalue weighted by Gasteiger charge is -2.25. The second-order valence-electron chi connectivity index (χ2n) is 7.31. The zero-order chi connectivity index (χ0) is 22.0. The molecule has 0 aliphatic carbocycles. The molecule has 31 heavy (non-hydrogen) atoms. The van der Waals surface area contributed by atoms with Crippen LogP contribution in [0.25, 0.3) is 5.69 Å². The summed E-state index contributed by atoms with van der Waals surface area (Å²) in [7, 11) is 1.52. The van der Waals surface area contributed by atoms with Crippen LogP contribution in [0.4, 0.5) is 5.82 Å². The summed E-state index contributed by atoms with van der Waals surface area (Å²) in [6.07, 6.45) is 2.95. The van der Waals surface area contributed by atoms with Crippen LogP contribution in [-0.4, -0.2) is 35.3 Å². The quantitative estimate of drug-likeness (QED) is 0.611. The first-order chi connectivity index (χ1) is 15.0. The van der Waals surface area contributed by atoms with E-state index in [-0.39, 0.29) is 18.4 Å². The fourth-order valence-electron chi connectivity index (χ4n) is 3.89. The summed E-state index contributed by atoms with van der Waals surface area (Å²) >= 11 is 0. The van der Waals surface area contributed by atoms with Crippen molar-refractivity contribution >= 4 is 17.6 Å². The van der Waals surface area contributed by atoms with E-state index < -0.39 is 5.91 Å². The van der Waals surface area contributed by atoms with Crippen LogP contribution in [0.15, 0.2) is 48.7 Å². The first-order valence-electron chi connectivity index (χ1n) is 10.1. The Morgan fingerprint density at radius 1 is 1.26 bits per heavy atom. The van der Waals surface area contributed by atoms with Crippen LogP contribution < -0.4 is 20.5 Å². The summed E-state index contributed by atoms with van der Waals surface area (Å²) < 4.78 is 12.6. The highest BCUT2D eigenvalue weighted by atomic mass is 16.5. The number of nitrogens with one attached hydrogen (secondary N) is 1. The largest absolute Gasteiger partial charge is 0.493 e. The van der Waals surface area contributed by atoms with Crippen molar-refractivity contribution in [2.75, 3.05) is 19.0 Å². The molecule has 3 N–H and O–H groups in total. The van der Waals surface area contributed by atoms with Crippen molar-refractivity contribution in [3.63, 3.8) is 0 Å². The molecule has 2 amide bonds. The minimum Gasteiger partial charge on any atom is -0.493 e. The van der Waals surface area contributed by atoms with Crippen molar-refractivity contribution in [2.45, 2.75) is 25.7 Å². The molecule has 3 aromatic rings. The number of methoxy groups -OCH3 is 1. The number of benzene rings is 2. The number of ether oxygens (including phenoxy) is 2. The van der Waals surface area contributed by atoms with E-state index >= 15 is 0 Å². The lowest BCUT2D eigenvalue weighted by atomic mass is 9.87. The predicted molar refractivity (Wildman–Crippen MR) is 116 cm³/mol. The SMILES string of the molecule is CCc1ccccc1-n1ncc2c1NC(=O)CC2c1ccc(OCC(N)=O)c(OC)c1. The molecule has 8 nitrogen and oxygen atoms in total. The van der Waals surface area contributed by atoms with Gasteiger partial charge in [-0.1, -0.05) is 31.2 Å². The second kappa shape index (κ2) is 8.51. The Balaban J connectivity index is 1.73. The van der Waals surface area contributed by atoms with Crippen molar-refractivity contribution in [3.05, 3.63) is 65.4 Å². The van der Waals surface area contributed by atoms with Crippen LogP contribution in [0.3, 0.4) is 0 Å². The van der Waals surface area contributed by atoms with E-state index in [9.17, 15) is 9.59 Å². The number of amides is 2. The van der Waals surface area contributed by atoms with E-state index in [1.165, 1.54) is 7.11 Å². The molecular weight excluding hydrogens is 396 g/mol. The number of aryl methyl sites for hydroxylation is 1. The average molecular weight is 420 g/mol. The third-order valence-electron chi connectivity index (χ3n) is 5.38. The van der Waals surface area contributed by atoms with E-state index in [2.05, 4.69) is 23.4 Å². The van der Waals surface area contributed by atoms with Crippen molar-refractivity contribution in [1.29, 1.82) is 0 Å². The number of nitrogens with zero attached hydrogens (tertiary/aromatic N) is 2. The van der Waals surface area contributed by atoms with Gasteiger partial charge in [0, 0.05) is 17.9 Å². The number of anilines is 1. The van der Waals surface area contributed by atoms with E-state index in [1.54, 1.807) is 16.9 Å². The van der Waals surface area contributed by atoms with Crippen molar-refractivity contribution < 1.29 is 19.1 Å². The molecule has 1 unspecified atom stereocenters. The molecule has 160 valence electrons. The molecule has 0 fully saturated rings. The van der Waals surface area contributed by atoms with Gasteiger partial charge in [-0.25, -0.2) is 4.68 Å². The minimum atomic E-state index is -0.570. The van der Waals surface area contributed by atoms with E-state index in [0.717, 1.165) is 28.8 Å². The number of rotatable bonds is 7. The zero-order valence-electron chi connectivity index (χ0n) is 17.4. The highest BCUT2D eigenvalue weighted by molar-refractivity contribution is 5.94. The Bertz CT molecular complexity index is 1140. The van der Waals surface area contributed by atoms with Gasteiger partial charge in [0.25, 0.3) is 5.91 Å². The molecule has 2 heterocycles. The first kappa shape index (κ1) is 20.5. The minimum absolute atomic E-state index is 0.0822. The molecule has 0 saturated carbocycles. The van der Waals surface area contributed by atoms with Gasteiger partial charge >= 0.3 is 0 Å². The molecule has 1 aliphatic heterocycles. The molecule has 0 saturated heterocycles. The number of nitrogens with two attached hydrogens (primary N) is 1. The highest BCUT2D eigenvalue weighted by Gasteiger charge is 2.31. The Labute approximate surface area is 180 Å². The summed E-state index contributed by atoms with van der Waals surface area (Å²) in [4.78, 5) is 23.6. The van der Waals surface area contributed by atoms with Gasteiger partial charge in [0.15, 0.2) is 18.1 Å². The number of aromatic nitrogens is 2. The third-order valence-corrected chi connectivity index (χ3v) is 5.38. The molecule has 0 radical (unpaired) electrons. The fourth-order valence-corrected chi connectivity index (χ4v) is 3.89. The summed E-state index contributed by atoms with van der Waals surface area (Å²) in [5.41, 5.74) is 9.07. The van der Waals surface area contributed by atoms with Crippen LogP contribution in [0, 0.1) is 0 Å². The predicted octanol–water partition coefficient (Wildman–Crippen LogP) is 2.78. The highest BCUT2D eigenvalue weighted by Crippen LogP contribution is 2.41. The Hall–Kier alpha value is -3.81. The maximum absolute atomic E-state index is 12.6. The van der Waals surface area contributed by atoms with Gasteiger partial charge in [-0.05, 0) is 35.7 Å². The van der Waals surface area contributed by atoms with Gasteiger partial charge < -0.3 is 20.5 Å². The molecule has 2 aromatic carbocycles. The summed E-state index contributed by atoms with van der Waals surface area (Å²) in [6.45, 7) is 1.85. The molecule has 1 aliphatic rings. The Morgan fingerprint density at radius 3 is 2.81 bits per heavy atom. The van der Waals surface area contributed by atoms with Crippen LogP contribution in [0.2, 0.25) is 0 Å². The maximum atomic E-state index is 12.6. The van der Waals surface area contributed by atoms with Crippen LogP contribution in [0.1, 0.15) is 36.0 Å². The van der Waals surface area contributed by atoms with Gasteiger partial charge in [-0.15, -0.1) is 0 Å². The molecule has 1 atom stereocenters. The van der Waals surface area contributed by atoms with E-state index in [1.807, 2.05) is 30.3 Å². The number of fused-ring (bicyclic) bond motifs is 1. The van der Waals surface area contributed by atoms with Gasteiger partial charge in [0.1, 0.15) is 5.82 Å². The number of primary amides is 1. The lowest BCUT2D eigenvalue weighted by molar-refractivity contribution is -0.120. The van der Waals surface area contributed by atoms with Crippen molar-refractivity contribution in [1.82, 2.24) is 9.78 Å². The topological polar surface area (TPSA) is 108 Å². The Kier molecular flexibility index (Phi) is 5.62. The normalized spacial score (nSPS) is 15.2. The number of hydrogen-bond donors (Lipinski definition) is 2. The summed E-state index contributed by atoms with van der Waals surface area (Å²) in [6, 6.07) is 13.4. The molecule has 0 spiro atoms.